The van der Waals surface area contributed by atoms with E-state index < -0.39 is 11.6 Å². The van der Waals surface area contributed by atoms with Gasteiger partial charge in [-0.2, -0.15) is 0 Å². The Bertz CT molecular complexity index is 1080. The van der Waals surface area contributed by atoms with Crippen molar-refractivity contribution in [2.24, 2.45) is 16.5 Å². The van der Waals surface area contributed by atoms with E-state index in [1.165, 1.54) is 23.1 Å². The minimum Gasteiger partial charge on any atom is -0.370 e. The van der Waals surface area contributed by atoms with Gasteiger partial charge in [-0.15, -0.1) is 11.8 Å². The second-order valence-corrected chi connectivity index (χ2v) is 8.33. The smallest absolute Gasteiger partial charge is 0.191 e. The van der Waals surface area contributed by atoms with Crippen LogP contribution in [0.5, 0.6) is 0 Å². The van der Waals surface area contributed by atoms with E-state index in [9.17, 15) is 8.78 Å². The summed E-state index contributed by atoms with van der Waals surface area (Å²) in [6.45, 7) is 7.98. The molecule has 0 saturated carbocycles. The van der Waals surface area contributed by atoms with Crippen LogP contribution in [-0.2, 0) is 0 Å². The van der Waals surface area contributed by atoms with Crippen molar-refractivity contribution in [3.8, 4) is 0 Å². The number of benzene rings is 2. The van der Waals surface area contributed by atoms with Gasteiger partial charge in [0.15, 0.2) is 5.96 Å². The van der Waals surface area contributed by atoms with E-state index in [2.05, 4.69) is 18.8 Å². The molecule has 0 aliphatic carbocycles. The van der Waals surface area contributed by atoms with Gasteiger partial charge in [0.05, 0.1) is 5.70 Å². The third-order valence-electron chi connectivity index (χ3n) is 4.81. The molecule has 0 spiro atoms. The molecule has 0 amide bonds. The van der Waals surface area contributed by atoms with Crippen molar-refractivity contribution in [2.75, 3.05) is 5.75 Å². The lowest BCUT2D eigenvalue weighted by Crippen LogP contribution is -2.30. The Morgan fingerprint density at radius 1 is 1.03 bits per heavy atom. The molecule has 2 rings (SSSR count). The summed E-state index contributed by atoms with van der Waals surface area (Å²) in [5.41, 5.74) is 13.2. The van der Waals surface area contributed by atoms with E-state index in [-0.39, 0.29) is 11.5 Å². The number of nitrogens with zero attached hydrogens (tertiary/aromatic N) is 1. The molecule has 2 aromatic carbocycles. The Balaban J connectivity index is 2.98. The summed E-state index contributed by atoms with van der Waals surface area (Å²) >= 11 is 1.78. The highest BCUT2D eigenvalue weighted by molar-refractivity contribution is 8.07. The number of thioether (sulfide) groups is 1. The molecule has 0 atom stereocenters. The van der Waals surface area contributed by atoms with E-state index in [1.54, 1.807) is 18.7 Å². The van der Waals surface area contributed by atoms with Gasteiger partial charge in [0.2, 0.25) is 0 Å². The molecule has 0 aliphatic rings. The quantitative estimate of drug-likeness (QED) is 0.452. The van der Waals surface area contributed by atoms with Crippen LogP contribution in [0.3, 0.4) is 0 Å². The molecule has 0 saturated heterocycles. The molecule has 0 unspecified atom stereocenters. The van der Waals surface area contributed by atoms with Crippen molar-refractivity contribution in [3.05, 3.63) is 75.7 Å². The van der Waals surface area contributed by atoms with Crippen LogP contribution in [0.25, 0.3) is 16.2 Å². The summed E-state index contributed by atoms with van der Waals surface area (Å²) < 4.78 is 29.2. The maximum atomic E-state index is 14.6. The van der Waals surface area contributed by atoms with Crippen LogP contribution in [0.15, 0.2) is 47.5 Å². The second kappa shape index (κ2) is 11.7. The van der Waals surface area contributed by atoms with Crippen LogP contribution in [0, 0.1) is 11.6 Å². The third kappa shape index (κ3) is 6.20. The van der Waals surface area contributed by atoms with Gasteiger partial charge in [-0.3, -0.25) is 0 Å². The lowest BCUT2D eigenvalue weighted by atomic mass is 9.99. The first-order chi connectivity index (χ1) is 14.8. The number of halogens is 2. The van der Waals surface area contributed by atoms with Gasteiger partial charge in [0, 0.05) is 11.1 Å². The van der Waals surface area contributed by atoms with Crippen LogP contribution >= 0.6 is 11.8 Å². The SMILES string of the molecule is CC/C=C(/N=C(N)N)c1ccc(=C(/CC)SCCC)/c(=C(\C)c2c(F)cccc2F)c1. The maximum Gasteiger partial charge on any atom is 0.191 e. The topological polar surface area (TPSA) is 64.4 Å². The van der Waals surface area contributed by atoms with Crippen molar-refractivity contribution in [1.82, 2.24) is 0 Å². The van der Waals surface area contributed by atoms with E-state index in [0.717, 1.165) is 41.0 Å². The standard InChI is InChI=1S/C25H31F2N3S/c1-5-9-22(30-25(28)29)17-12-13-18(23(7-3)31-14-6-2)19(15-17)16(4)24-20(26)10-8-11-21(24)27/h8-13,15H,5-7,14H2,1-4H3,(H4,28,29,30)/b19-16+,22-9+,23-18+. The van der Waals surface area contributed by atoms with E-state index >= 15 is 0 Å². The minimum atomic E-state index is -0.582. The molecule has 4 N–H and O–H groups in total. The number of nitrogens with two attached hydrogens (primary N) is 2. The highest BCUT2D eigenvalue weighted by atomic mass is 32.2. The predicted molar refractivity (Wildman–Crippen MR) is 131 cm³/mol. The number of guanidine groups is 1. The molecule has 0 heterocycles. The Kier molecular flexibility index (Phi) is 9.31. The van der Waals surface area contributed by atoms with Gasteiger partial charge in [-0.1, -0.05) is 45.0 Å². The van der Waals surface area contributed by atoms with Gasteiger partial charge in [0.25, 0.3) is 0 Å². The Morgan fingerprint density at radius 3 is 2.26 bits per heavy atom. The monoisotopic (exact) mass is 443 g/mol. The fraction of sp³-hybridized carbons (Fsp3) is 0.320. The summed E-state index contributed by atoms with van der Waals surface area (Å²) in [5, 5.41) is 1.75. The van der Waals surface area contributed by atoms with Gasteiger partial charge in [-0.05, 0) is 71.1 Å². The molecule has 0 bridgehead atoms. The molecule has 3 nitrogen and oxygen atoms in total. The van der Waals surface area contributed by atoms with E-state index in [0.29, 0.717) is 11.3 Å². The van der Waals surface area contributed by atoms with Crippen LogP contribution in [0.1, 0.15) is 58.1 Å². The van der Waals surface area contributed by atoms with Crippen molar-refractivity contribution < 1.29 is 8.78 Å². The van der Waals surface area contributed by atoms with Gasteiger partial charge < -0.3 is 11.5 Å². The number of allylic oxidation sites excluding steroid dienone is 1. The van der Waals surface area contributed by atoms with Gasteiger partial charge in [-0.25, -0.2) is 13.8 Å². The summed E-state index contributed by atoms with van der Waals surface area (Å²) in [5.74, 6) is -0.222. The molecular weight excluding hydrogens is 412 g/mol. The van der Waals surface area contributed by atoms with Crippen molar-refractivity contribution >= 4 is 33.9 Å². The first-order valence-corrected chi connectivity index (χ1v) is 11.5. The average Bonchev–Trinajstić information content (AvgIpc) is 2.73. The Morgan fingerprint density at radius 2 is 1.71 bits per heavy atom. The average molecular weight is 444 g/mol. The molecule has 6 heteroatoms. The molecule has 31 heavy (non-hydrogen) atoms. The zero-order valence-corrected chi connectivity index (χ0v) is 19.5. The van der Waals surface area contributed by atoms with E-state index in [1.807, 2.05) is 31.2 Å². The maximum absolute atomic E-state index is 14.6. The lowest BCUT2D eigenvalue weighted by molar-refractivity contribution is 0.576. The largest absolute Gasteiger partial charge is 0.370 e. The van der Waals surface area contributed by atoms with Crippen LogP contribution in [-0.4, -0.2) is 11.7 Å². The summed E-state index contributed by atoms with van der Waals surface area (Å²) in [4.78, 5) is 5.44. The number of hydrogen-bond donors (Lipinski definition) is 2. The normalized spacial score (nSPS) is 13.7. The minimum absolute atomic E-state index is 0.0142. The van der Waals surface area contributed by atoms with Crippen LogP contribution in [0.2, 0.25) is 0 Å². The first-order valence-electron chi connectivity index (χ1n) is 10.5. The summed E-state index contributed by atoms with van der Waals surface area (Å²) in [6.07, 6.45) is 4.54. The lowest BCUT2D eigenvalue weighted by Gasteiger charge is -2.11. The number of aliphatic imine (C=N–C) groups is 1. The molecule has 0 radical (unpaired) electrons. The summed E-state index contributed by atoms with van der Waals surface area (Å²) in [6, 6.07) is 9.82. The zero-order chi connectivity index (χ0) is 23.0. The van der Waals surface area contributed by atoms with Gasteiger partial charge >= 0.3 is 0 Å². The van der Waals surface area contributed by atoms with Crippen LogP contribution in [0.4, 0.5) is 8.78 Å². The molecular formula is C25H31F2N3S. The van der Waals surface area contributed by atoms with Crippen molar-refractivity contribution in [3.63, 3.8) is 0 Å². The third-order valence-corrected chi connectivity index (χ3v) is 6.28. The van der Waals surface area contributed by atoms with Gasteiger partial charge in [0.1, 0.15) is 11.6 Å². The van der Waals surface area contributed by atoms with Crippen molar-refractivity contribution in [1.29, 1.82) is 0 Å². The fourth-order valence-electron chi connectivity index (χ4n) is 3.40. The Hall–Kier alpha value is -2.60. The van der Waals surface area contributed by atoms with Crippen molar-refractivity contribution in [2.45, 2.75) is 47.0 Å². The second-order valence-electron chi connectivity index (χ2n) is 7.14. The molecule has 0 aromatic heterocycles. The highest BCUT2D eigenvalue weighted by Crippen LogP contribution is 2.22. The fourth-order valence-corrected chi connectivity index (χ4v) is 4.39. The number of rotatable bonds is 8. The highest BCUT2D eigenvalue weighted by Gasteiger charge is 2.13. The predicted octanol–water partition coefficient (Wildman–Crippen LogP) is 4.87. The zero-order valence-electron chi connectivity index (χ0n) is 18.6. The molecule has 0 aliphatic heterocycles. The first kappa shape index (κ1) is 24.7. The number of hydrogen-bond acceptors (Lipinski definition) is 2. The molecule has 2 aromatic rings. The Labute approximate surface area is 187 Å². The van der Waals surface area contributed by atoms with Crippen LogP contribution < -0.4 is 21.9 Å². The summed E-state index contributed by atoms with van der Waals surface area (Å²) in [7, 11) is 0. The molecule has 166 valence electrons. The van der Waals surface area contributed by atoms with E-state index in [4.69, 9.17) is 11.5 Å². The molecule has 0 fully saturated rings.